The Morgan fingerprint density at radius 3 is 2.09 bits per heavy atom. The SMILES string of the molecule is Cc1c(C(C)(C)C)csc1Cl. The molecule has 0 unspecified atom stereocenters. The molecule has 0 atom stereocenters. The first-order chi connectivity index (χ1) is 4.93. The van der Waals surface area contributed by atoms with E-state index in [1.807, 2.05) is 0 Å². The highest BCUT2D eigenvalue weighted by atomic mass is 35.5. The summed E-state index contributed by atoms with van der Waals surface area (Å²) in [7, 11) is 0. The van der Waals surface area contributed by atoms with Crippen LogP contribution in [0.3, 0.4) is 0 Å². The van der Waals surface area contributed by atoms with Crippen LogP contribution in [-0.4, -0.2) is 0 Å². The summed E-state index contributed by atoms with van der Waals surface area (Å²) < 4.78 is 0.926. The number of hydrogen-bond donors (Lipinski definition) is 0. The molecule has 0 aromatic carbocycles. The normalized spacial score (nSPS) is 12.1. The summed E-state index contributed by atoms with van der Waals surface area (Å²) in [6.07, 6.45) is 0. The second-order valence-corrected chi connectivity index (χ2v) is 5.28. The zero-order chi connectivity index (χ0) is 8.65. The molecule has 0 radical (unpaired) electrons. The Labute approximate surface area is 77.2 Å². The minimum absolute atomic E-state index is 0.230. The summed E-state index contributed by atoms with van der Waals surface area (Å²) in [6, 6.07) is 0. The zero-order valence-electron chi connectivity index (χ0n) is 7.36. The standard InChI is InChI=1S/C9H13ClS/c1-6-7(9(2,3)4)5-11-8(6)10/h5H,1-4H3. The van der Waals surface area contributed by atoms with Crippen molar-refractivity contribution in [3.8, 4) is 0 Å². The molecule has 0 aliphatic heterocycles. The van der Waals surface area contributed by atoms with Crippen molar-refractivity contribution in [2.45, 2.75) is 33.1 Å². The minimum atomic E-state index is 0.230. The van der Waals surface area contributed by atoms with Crippen LogP contribution in [-0.2, 0) is 5.41 Å². The number of rotatable bonds is 0. The Morgan fingerprint density at radius 2 is 1.91 bits per heavy atom. The van der Waals surface area contributed by atoms with Crippen LogP contribution >= 0.6 is 22.9 Å². The molecule has 1 heterocycles. The van der Waals surface area contributed by atoms with Crippen molar-refractivity contribution in [2.24, 2.45) is 0 Å². The minimum Gasteiger partial charge on any atom is -0.131 e. The van der Waals surface area contributed by atoms with Crippen molar-refractivity contribution in [3.05, 3.63) is 20.8 Å². The van der Waals surface area contributed by atoms with Gasteiger partial charge in [-0.15, -0.1) is 11.3 Å². The van der Waals surface area contributed by atoms with Gasteiger partial charge in [0.2, 0.25) is 0 Å². The van der Waals surface area contributed by atoms with Crippen LogP contribution in [0.25, 0.3) is 0 Å². The fraction of sp³-hybridized carbons (Fsp3) is 0.556. The van der Waals surface area contributed by atoms with Gasteiger partial charge in [0.25, 0.3) is 0 Å². The molecule has 0 fully saturated rings. The Balaban J connectivity index is 3.15. The largest absolute Gasteiger partial charge is 0.131 e. The van der Waals surface area contributed by atoms with E-state index >= 15 is 0 Å². The van der Waals surface area contributed by atoms with Crippen LogP contribution in [0.2, 0.25) is 4.34 Å². The van der Waals surface area contributed by atoms with Crippen LogP contribution in [0, 0.1) is 6.92 Å². The van der Waals surface area contributed by atoms with Gasteiger partial charge in [-0.05, 0) is 28.8 Å². The van der Waals surface area contributed by atoms with Gasteiger partial charge in [-0.25, -0.2) is 0 Å². The average molecular weight is 189 g/mol. The lowest BCUT2D eigenvalue weighted by molar-refractivity contribution is 0.589. The molecule has 0 aliphatic rings. The molecule has 1 aromatic heterocycles. The van der Waals surface area contributed by atoms with E-state index in [4.69, 9.17) is 11.6 Å². The maximum Gasteiger partial charge on any atom is 0.0960 e. The Kier molecular flexibility index (Phi) is 2.31. The monoisotopic (exact) mass is 188 g/mol. The third-order valence-corrected chi connectivity index (χ3v) is 3.20. The first-order valence-corrected chi connectivity index (χ1v) is 4.93. The van der Waals surface area contributed by atoms with E-state index in [2.05, 4.69) is 33.1 Å². The van der Waals surface area contributed by atoms with Crippen molar-refractivity contribution in [2.75, 3.05) is 0 Å². The van der Waals surface area contributed by atoms with Crippen LogP contribution in [0.1, 0.15) is 31.9 Å². The van der Waals surface area contributed by atoms with Crippen molar-refractivity contribution >= 4 is 22.9 Å². The number of thiophene rings is 1. The highest BCUT2D eigenvalue weighted by molar-refractivity contribution is 7.14. The summed E-state index contributed by atoms with van der Waals surface area (Å²) in [5.41, 5.74) is 2.84. The molecule has 11 heavy (non-hydrogen) atoms. The fourth-order valence-electron chi connectivity index (χ4n) is 1.13. The van der Waals surface area contributed by atoms with Gasteiger partial charge in [-0.3, -0.25) is 0 Å². The lowest BCUT2D eigenvalue weighted by Gasteiger charge is -2.18. The molecule has 0 N–H and O–H groups in total. The number of halogens is 1. The molecule has 0 nitrogen and oxygen atoms in total. The van der Waals surface area contributed by atoms with E-state index in [1.165, 1.54) is 11.1 Å². The van der Waals surface area contributed by atoms with Crippen molar-refractivity contribution in [1.29, 1.82) is 0 Å². The molecular weight excluding hydrogens is 176 g/mol. The van der Waals surface area contributed by atoms with Gasteiger partial charge in [-0.1, -0.05) is 32.4 Å². The van der Waals surface area contributed by atoms with Crippen molar-refractivity contribution in [1.82, 2.24) is 0 Å². The van der Waals surface area contributed by atoms with E-state index in [0.717, 1.165) is 4.34 Å². The second kappa shape index (κ2) is 2.80. The van der Waals surface area contributed by atoms with Crippen LogP contribution in [0.4, 0.5) is 0 Å². The molecule has 0 amide bonds. The molecule has 0 saturated carbocycles. The molecular formula is C9H13ClS. The molecule has 0 aliphatic carbocycles. The maximum absolute atomic E-state index is 5.95. The average Bonchev–Trinajstić information content (AvgIpc) is 2.11. The molecule has 0 spiro atoms. The molecule has 0 bridgehead atoms. The fourth-order valence-corrected chi connectivity index (χ4v) is 2.41. The third kappa shape index (κ3) is 1.77. The van der Waals surface area contributed by atoms with E-state index < -0.39 is 0 Å². The van der Waals surface area contributed by atoms with Crippen molar-refractivity contribution < 1.29 is 0 Å². The molecule has 1 aromatic rings. The highest BCUT2D eigenvalue weighted by Crippen LogP contribution is 2.34. The second-order valence-electron chi connectivity index (χ2n) is 3.80. The van der Waals surface area contributed by atoms with E-state index in [9.17, 15) is 0 Å². The third-order valence-electron chi connectivity index (χ3n) is 1.79. The van der Waals surface area contributed by atoms with E-state index in [0.29, 0.717) is 0 Å². The zero-order valence-corrected chi connectivity index (χ0v) is 8.94. The van der Waals surface area contributed by atoms with E-state index in [1.54, 1.807) is 11.3 Å². The van der Waals surface area contributed by atoms with Gasteiger partial charge in [0.05, 0.1) is 4.34 Å². The summed E-state index contributed by atoms with van der Waals surface area (Å²) >= 11 is 7.58. The van der Waals surface area contributed by atoms with Crippen LogP contribution in [0.5, 0.6) is 0 Å². The predicted octanol–water partition coefficient (Wildman–Crippen LogP) is 4.01. The first-order valence-electron chi connectivity index (χ1n) is 3.67. The summed E-state index contributed by atoms with van der Waals surface area (Å²) in [4.78, 5) is 0. The predicted molar refractivity (Wildman–Crippen MR) is 52.8 cm³/mol. The molecule has 1 rings (SSSR count). The Bertz CT molecular complexity index is 255. The molecule has 62 valence electrons. The van der Waals surface area contributed by atoms with Gasteiger partial charge >= 0.3 is 0 Å². The maximum atomic E-state index is 5.95. The lowest BCUT2D eigenvalue weighted by atomic mass is 9.87. The van der Waals surface area contributed by atoms with Gasteiger partial charge in [0.1, 0.15) is 0 Å². The Morgan fingerprint density at radius 1 is 1.36 bits per heavy atom. The van der Waals surface area contributed by atoms with Gasteiger partial charge in [0, 0.05) is 0 Å². The van der Waals surface area contributed by atoms with Crippen LogP contribution < -0.4 is 0 Å². The summed E-state index contributed by atoms with van der Waals surface area (Å²) in [6.45, 7) is 8.70. The van der Waals surface area contributed by atoms with E-state index in [-0.39, 0.29) is 5.41 Å². The number of hydrogen-bond acceptors (Lipinski definition) is 1. The quantitative estimate of drug-likeness (QED) is 0.577. The van der Waals surface area contributed by atoms with Gasteiger partial charge in [0.15, 0.2) is 0 Å². The van der Waals surface area contributed by atoms with Crippen LogP contribution in [0.15, 0.2) is 5.38 Å². The summed E-state index contributed by atoms with van der Waals surface area (Å²) in [5.74, 6) is 0. The van der Waals surface area contributed by atoms with Crippen molar-refractivity contribution in [3.63, 3.8) is 0 Å². The van der Waals surface area contributed by atoms with Gasteiger partial charge < -0.3 is 0 Å². The van der Waals surface area contributed by atoms with Gasteiger partial charge in [-0.2, -0.15) is 0 Å². The molecule has 0 saturated heterocycles. The summed E-state index contributed by atoms with van der Waals surface area (Å²) in [5, 5.41) is 2.15. The smallest absolute Gasteiger partial charge is 0.0960 e. The topological polar surface area (TPSA) is 0 Å². The Hall–Kier alpha value is -0.0100. The lowest BCUT2D eigenvalue weighted by Crippen LogP contribution is -2.10. The first kappa shape index (κ1) is 9.08. The highest BCUT2D eigenvalue weighted by Gasteiger charge is 2.18. The molecule has 2 heteroatoms.